The van der Waals surface area contributed by atoms with Crippen LogP contribution in [0.15, 0.2) is 47.4 Å². The average Bonchev–Trinajstić information content (AvgIpc) is 2.66. The molecule has 0 bridgehead atoms. The van der Waals surface area contributed by atoms with E-state index >= 15 is 0 Å². The van der Waals surface area contributed by atoms with E-state index in [2.05, 4.69) is 15.4 Å². The van der Waals surface area contributed by atoms with Gasteiger partial charge in [0, 0.05) is 24.3 Å². The molecule has 3 N–H and O–H groups in total. The summed E-state index contributed by atoms with van der Waals surface area (Å²) in [5, 5.41) is 5.22. The maximum atomic E-state index is 12.6. The first-order valence-corrected chi connectivity index (χ1v) is 11.3. The monoisotopic (exact) mass is 447 g/mol. The van der Waals surface area contributed by atoms with Crippen LogP contribution < -0.4 is 15.4 Å². The van der Waals surface area contributed by atoms with Gasteiger partial charge < -0.3 is 15.4 Å². The van der Waals surface area contributed by atoms with E-state index in [9.17, 15) is 18.0 Å². The molecule has 0 saturated carbocycles. The highest BCUT2D eigenvalue weighted by Gasteiger charge is 2.18. The number of anilines is 1. The molecule has 2 amide bonds. The fourth-order valence-corrected chi connectivity index (χ4v) is 3.76. The van der Waals surface area contributed by atoms with Crippen LogP contribution in [0, 0.1) is 13.8 Å². The summed E-state index contributed by atoms with van der Waals surface area (Å²) in [6, 6.07) is 11.4. The van der Waals surface area contributed by atoms with Crippen molar-refractivity contribution in [2.75, 3.05) is 18.4 Å². The fourth-order valence-electron chi connectivity index (χ4n) is 2.68. The van der Waals surface area contributed by atoms with E-state index in [-0.39, 0.29) is 23.9 Å². The molecule has 0 heterocycles. The van der Waals surface area contributed by atoms with Crippen molar-refractivity contribution < 1.29 is 22.7 Å². The van der Waals surface area contributed by atoms with E-state index < -0.39 is 21.7 Å². The van der Waals surface area contributed by atoms with Crippen molar-refractivity contribution in [2.45, 2.75) is 45.1 Å². The molecule has 0 fully saturated rings. The molecule has 2 aromatic rings. The third-order valence-electron chi connectivity index (χ3n) is 4.34. The standard InChI is InChI=1S/C22H29N3O5S/c1-15-8-6-11-19(16(15)2)20(26)25-17-9-7-10-18(14-17)31(28,29)24-13-12-23-21(27)30-22(3,4)5/h6-11,14,24H,12-13H2,1-5H3,(H,23,27)(H,25,26). The van der Waals surface area contributed by atoms with Gasteiger partial charge in [-0.25, -0.2) is 17.9 Å². The molecular formula is C22H29N3O5S. The second-order valence-electron chi connectivity index (χ2n) is 8.06. The molecular weight excluding hydrogens is 418 g/mol. The average molecular weight is 448 g/mol. The molecule has 0 saturated heterocycles. The van der Waals surface area contributed by atoms with Crippen molar-refractivity contribution in [3.8, 4) is 0 Å². The molecule has 0 spiro atoms. The van der Waals surface area contributed by atoms with Gasteiger partial charge in [0.2, 0.25) is 10.0 Å². The van der Waals surface area contributed by atoms with Gasteiger partial charge in [0.05, 0.1) is 4.90 Å². The molecule has 0 aliphatic carbocycles. The van der Waals surface area contributed by atoms with Crippen LogP contribution in [0.1, 0.15) is 42.3 Å². The Bertz CT molecular complexity index is 1060. The Hall–Kier alpha value is -2.91. The van der Waals surface area contributed by atoms with Gasteiger partial charge in [0.25, 0.3) is 5.91 Å². The Labute approximate surface area is 183 Å². The Morgan fingerprint density at radius 1 is 1.00 bits per heavy atom. The molecule has 0 atom stereocenters. The maximum Gasteiger partial charge on any atom is 0.407 e. The Balaban J connectivity index is 1.99. The molecule has 0 radical (unpaired) electrons. The molecule has 2 rings (SSSR count). The fraction of sp³-hybridized carbons (Fsp3) is 0.364. The molecule has 0 aliphatic heterocycles. The van der Waals surface area contributed by atoms with Crippen molar-refractivity contribution in [3.63, 3.8) is 0 Å². The Kier molecular flexibility index (Phi) is 7.80. The van der Waals surface area contributed by atoms with Crippen LogP contribution in [0.2, 0.25) is 0 Å². The van der Waals surface area contributed by atoms with E-state index in [1.54, 1.807) is 45.0 Å². The van der Waals surface area contributed by atoms with Crippen LogP contribution in [0.3, 0.4) is 0 Å². The molecule has 0 unspecified atom stereocenters. The van der Waals surface area contributed by atoms with Gasteiger partial charge in [-0.15, -0.1) is 0 Å². The molecule has 8 nitrogen and oxygen atoms in total. The van der Waals surface area contributed by atoms with E-state index in [1.165, 1.54) is 12.1 Å². The van der Waals surface area contributed by atoms with E-state index in [0.717, 1.165) is 11.1 Å². The quantitative estimate of drug-likeness (QED) is 0.563. The Morgan fingerprint density at radius 2 is 1.68 bits per heavy atom. The predicted octanol–water partition coefficient (Wildman–Crippen LogP) is 3.36. The lowest BCUT2D eigenvalue weighted by atomic mass is 10.0. The minimum atomic E-state index is -3.82. The van der Waals surface area contributed by atoms with Gasteiger partial charge >= 0.3 is 6.09 Å². The number of sulfonamides is 1. The zero-order valence-corrected chi connectivity index (χ0v) is 19.2. The number of alkyl carbamates (subject to hydrolysis) is 1. The first-order valence-electron chi connectivity index (χ1n) is 9.83. The van der Waals surface area contributed by atoms with E-state index in [4.69, 9.17) is 4.74 Å². The van der Waals surface area contributed by atoms with Crippen LogP contribution >= 0.6 is 0 Å². The lowest BCUT2D eigenvalue weighted by Crippen LogP contribution is -2.37. The van der Waals surface area contributed by atoms with Gasteiger partial charge in [0.1, 0.15) is 5.60 Å². The largest absolute Gasteiger partial charge is 0.444 e. The van der Waals surface area contributed by atoms with Gasteiger partial charge in [-0.2, -0.15) is 0 Å². The normalized spacial score (nSPS) is 11.6. The number of hydrogen-bond donors (Lipinski definition) is 3. The summed E-state index contributed by atoms with van der Waals surface area (Å²) < 4.78 is 32.6. The predicted molar refractivity (Wildman–Crippen MR) is 120 cm³/mol. The highest BCUT2D eigenvalue weighted by Crippen LogP contribution is 2.18. The highest BCUT2D eigenvalue weighted by atomic mass is 32.2. The molecule has 168 valence electrons. The van der Waals surface area contributed by atoms with Crippen molar-refractivity contribution in [1.29, 1.82) is 0 Å². The van der Waals surface area contributed by atoms with Crippen LogP contribution in [-0.4, -0.2) is 39.1 Å². The molecule has 2 aromatic carbocycles. The summed E-state index contributed by atoms with van der Waals surface area (Å²) >= 11 is 0. The van der Waals surface area contributed by atoms with Crippen LogP contribution in [0.5, 0.6) is 0 Å². The first kappa shape index (κ1) is 24.4. The number of aryl methyl sites for hydroxylation is 1. The second kappa shape index (κ2) is 9.93. The summed E-state index contributed by atoms with van der Waals surface area (Å²) in [5.74, 6) is -0.315. The maximum absolute atomic E-state index is 12.6. The number of amides is 2. The third-order valence-corrected chi connectivity index (χ3v) is 5.80. The van der Waals surface area contributed by atoms with Gasteiger partial charge in [-0.1, -0.05) is 18.2 Å². The van der Waals surface area contributed by atoms with Crippen LogP contribution in [-0.2, 0) is 14.8 Å². The zero-order chi connectivity index (χ0) is 23.2. The van der Waals surface area contributed by atoms with Gasteiger partial charge in [-0.3, -0.25) is 4.79 Å². The lowest BCUT2D eigenvalue weighted by Gasteiger charge is -2.19. The van der Waals surface area contributed by atoms with Crippen molar-refractivity contribution >= 4 is 27.7 Å². The third kappa shape index (κ3) is 7.37. The molecule has 0 aromatic heterocycles. The summed E-state index contributed by atoms with van der Waals surface area (Å²) in [4.78, 5) is 24.2. The Morgan fingerprint density at radius 3 is 2.35 bits per heavy atom. The highest BCUT2D eigenvalue weighted by molar-refractivity contribution is 7.89. The topological polar surface area (TPSA) is 114 Å². The first-order chi connectivity index (χ1) is 14.4. The van der Waals surface area contributed by atoms with Crippen LogP contribution in [0.25, 0.3) is 0 Å². The number of carbonyl (C=O) groups is 2. The van der Waals surface area contributed by atoms with E-state index in [1.807, 2.05) is 19.9 Å². The number of rotatable bonds is 7. The zero-order valence-electron chi connectivity index (χ0n) is 18.4. The minimum Gasteiger partial charge on any atom is -0.444 e. The van der Waals surface area contributed by atoms with Crippen LogP contribution in [0.4, 0.5) is 10.5 Å². The minimum absolute atomic E-state index is 0.00327. The molecule has 9 heteroatoms. The van der Waals surface area contributed by atoms with E-state index in [0.29, 0.717) is 11.3 Å². The summed E-state index contributed by atoms with van der Waals surface area (Å²) in [5.41, 5.74) is 2.11. The second-order valence-corrected chi connectivity index (χ2v) is 9.82. The lowest BCUT2D eigenvalue weighted by molar-refractivity contribution is 0.0528. The number of ether oxygens (including phenoxy) is 1. The van der Waals surface area contributed by atoms with Gasteiger partial charge in [-0.05, 0) is 70.0 Å². The molecule has 0 aliphatic rings. The number of benzene rings is 2. The summed E-state index contributed by atoms with van der Waals surface area (Å²) in [7, 11) is -3.82. The SMILES string of the molecule is Cc1cccc(C(=O)Nc2cccc(S(=O)(=O)NCCNC(=O)OC(C)(C)C)c2)c1C. The van der Waals surface area contributed by atoms with Gasteiger partial charge in [0.15, 0.2) is 0 Å². The van der Waals surface area contributed by atoms with Crippen molar-refractivity contribution in [2.24, 2.45) is 0 Å². The van der Waals surface area contributed by atoms with Crippen molar-refractivity contribution in [1.82, 2.24) is 10.0 Å². The number of hydrogen-bond acceptors (Lipinski definition) is 5. The summed E-state index contributed by atoms with van der Waals surface area (Å²) in [6.45, 7) is 9.05. The summed E-state index contributed by atoms with van der Waals surface area (Å²) in [6.07, 6.45) is -0.622. The van der Waals surface area contributed by atoms with Crippen molar-refractivity contribution in [3.05, 3.63) is 59.2 Å². The number of nitrogens with one attached hydrogen (secondary N) is 3. The molecule has 31 heavy (non-hydrogen) atoms. The number of carbonyl (C=O) groups excluding carboxylic acids is 2. The smallest absolute Gasteiger partial charge is 0.407 e.